The fourth-order valence-electron chi connectivity index (χ4n) is 6.03. The molecule has 14 heteroatoms. The van der Waals surface area contributed by atoms with Crippen molar-refractivity contribution >= 4 is 29.3 Å². The van der Waals surface area contributed by atoms with Crippen LogP contribution in [0.4, 0.5) is 0 Å². The summed E-state index contributed by atoms with van der Waals surface area (Å²) in [6.45, 7) is 1.22. The number of rotatable bonds is 22. The van der Waals surface area contributed by atoms with Gasteiger partial charge >= 0.3 is 11.9 Å². The van der Waals surface area contributed by atoms with Crippen LogP contribution in [0.15, 0.2) is 65.8 Å². The number of unbranched alkanes of at least 4 members (excludes halogenated alkanes) is 3. The summed E-state index contributed by atoms with van der Waals surface area (Å²) in [7, 11) is 0. The number of thioether (sulfide) groups is 1. The minimum atomic E-state index is -3.77. The van der Waals surface area contributed by atoms with Crippen LogP contribution in [0, 0.1) is 0 Å². The maximum absolute atomic E-state index is 13.0. The molecule has 5 rings (SSSR count). The number of aliphatic hydroxyl groups is 6. The second-order valence-electron chi connectivity index (χ2n) is 13.5. The van der Waals surface area contributed by atoms with Crippen LogP contribution in [-0.4, -0.2) is 89.6 Å². The molecule has 0 bridgehead atoms. The SMILES string of the molecule is CCCCCC(=O)N(CCCCSc1ccc(Cl)c(CNC2(c3cnccc3-c3ccccc3OC3CC3)CC2)c1)C(O)(O)C(O)(O)OC(O)CO. The van der Waals surface area contributed by atoms with E-state index < -0.39 is 30.7 Å². The molecular weight excluding hydrogens is 710 g/mol. The lowest BCUT2D eigenvalue weighted by atomic mass is 9.94. The first-order valence-electron chi connectivity index (χ1n) is 17.9. The molecule has 1 atom stereocenters. The number of nitrogens with one attached hydrogen (secondary N) is 1. The highest BCUT2D eigenvalue weighted by atomic mass is 35.5. The molecule has 0 radical (unpaired) electrons. The lowest BCUT2D eigenvalue weighted by Crippen LogP contribution is -2.68. The molecule has 1 heterocycles. The molecule has 1 amide bonds. The Morgan fingerprint density at radius 1 is 1.08 bits per heavy atom. The van der Waals surface area contributed by atoms with Crippen molar-refractivity contribution in [1.29, 1.82) is 0 Å². The van der Waals surface area contributed by atoms with Crippen LogP contribution >= 0.6 is 23.4 Å². The molecule has 0 aliphatic heterocycles. The average Bonchev–Trinajstić information content (AvgIpc) is 4.07. The van der Waals surface area contributed by atoms with Crippen molar-refractivity contribution in [2.24, 2.45) is 0 Å². The van der Waals surface area contributed by atoms with Gasteiger partial charge in [0.25, 0.3) is 0 Å². The van der Waals surface area contributed by atoms with E-state index in [2.05, 4.69) is 27.2 Å². The van der Waals surface area contributed by atoms with Crippen molar-refractivity contribution < 1.29 is 44.9 Å². The van der Waals surface area contributed by atoms with E-state index in [9.17, 15) is 30.3 Å². The number of ether oxygens (including phenoxy) is 2. The van der Waals surface area contributed by atoms with E-state index in [0.29, 0.717) is 41.5 Å². The Hall–Kier alpha value is -2.82. The third-order valence-corrected chi connectivity index (χ3v) is 10.8. The zero-order valence-electron chi connectivity index (χ0n) is 29.4. The number of aliphatic hydroxyl groups excluding tert-OH is 2. The molecule has 2 aliphatic rings. The van der Waals surface area contributed by atoms with Crippen LogP contribution in [0.5, 0.6) is 5.75 Å². The molecule has 7 N–H and O–H groups in total. The molecule has 3 aromatic rings. The number of hydrogen-bond acceptors (Lipinski definition) is 12. The van der Waals surface area contributed by atoms with Gasteiger partial charge in [-0.05, 0) is 97.7 Å². The van der Waals surface area contributed by atoms with E-state index in [4.69, 9.17) is 21.4 Å². The number of carbonyl (C=O) groups is 1. The number of benzene rings is 2. The molecule has 2 saturated carbocycles. The Morgan fingerprint density at radius 2 is 1.85 bits per heavy atom. The Morgan fingerprint density at radius 3 is 2.56 bits per heavy atom. The number of halogens is 1. The maximum Gasteiger partial charge on any atom is 0.360 e. The topological polar surface area (TPSA) is 185 Å². The van der Waals surface area contributed by atoms with E-state index in [1.54, 1.807) is 11.8 Å². The molecule has 1 unspecified atom stereocenters. The van der Waals surface area contributed by atoms with Gasteiger partial charge in [0, 0.05) is 52.9 Å². The Balaban J connectivity index is 1.19. The summed E-state index contributed by atoms with van der Waals surface area (Å²) in [6.07, 6.45) is 8.80. The summed E-state index contributed by atoms with van der Waals surface area (Å²) in [4.78, 5) is 19.0. The molecule has 2 aromatic carbocycles. The highest BCUT2D eigenvalue weighted by Gasteiger charge is 2.56. The first-order chi connectivity index (χ1) is 24.9. The average molecular weight is 760 g/mol. The number of para-hydroxylation sites is 1. The molecule has 0 spiro atoms. The zero-order chi connectivity index (χ0) is 37.4. The van der Waals surface area contributed by atoms with Crippen molar-refractivity contribution in [2.45, 2.75) is 112 Å². The van der Waals surface area contributed by atoms with Crippen LogP contribution in [0.25, 0.3) is 11.1 Å². The Bertz CT molecular complexity index is 1640. The van der Waals surface area contributed by atoms with Crippen LogP contribution < -0.4 is 10.1 Å². The van der Waals surface area contributed by atoms with Crippen LogP contribution in [0.1, 0.15) is 82.3 Å². The first kappa shape index (κ1) is 40.4. The van der Waals surface area contributed by atoms with E-state index in [1.807, 2.05) is 55.7 Å². The predicted molar refractivity (Wildman–Crippen MR) is 197 cm³/mol. The number of hydrogen-bond donors (Lipinski definition) is 7. The third kappa shape index (κ3) is 10.2. The van der Waals surface area contributed by atoms with Gasteiger partial charge in [0.1, 0.15) is 5.75 Å². The molecule has 2 fully saturated rings. The second-order valence-corrected chi connectivity index (χ2v) is 15.1. The predicted octanol–water partition coefficient (Wildman–Crippen LogP) is 4.61. The fourth-order valence-corrected chi connectivity index (χ4v) is 7.19. The van der Waals surface area contributed by atoms with Crippen molar-refractivity contribution in [2.75, 3.05) is 18.9 Å². The smallest absolute Gasteiger partial charge is 0.360 e. The summed E-state index contributed by atoms with van der Waals surface area (Å²) < 4.78 is 10.7. The van der Waals surface area contributed by atoms with Gasteiger partial charge in [-0.3, -0.25) is 19.4 Å². The highest BCUT2D eigenvalue weighted by molar-refractivity contribution is 7.99. The van der Waals surface area contributed by atoms with Crippen molar-refractivity contribution in [3.63, 3.8) is 0 Å². The lowest BCUT2D eigenvalue weighted by Gasteiger charge is -2.42. The van der Waals surface area contributed by atoms with Crippen molar-refractivity contribution in [3.8, 4) is 16.9 Å². The van der Waals surface area contributed by atoms with Gasteiger partial charge in [-0.1, -0.05) is 49.6 Å². The largest absolute Gasteiger partial charge is 0.490 e. The summed E-state index contributed by atoms with van der Waals surface area (Å²) in [5.41, 5.74) is 4.00. The number of nitrogens with zero attached hydrogens (tertiary/aromatic N) is 2. The molecule has 1 aromatic heterocycles. The summed E-state index contributed by atoms with van der Waals surface area (Å²) >= 11 is 8.24. The molecule has 0 saturated heterocycles. The minimum absolute atomic E-state index is 0.0583. The van der Waals surface area contributed by atoms with Gasteiger partial charge in [-0.25, -0.2) is 0 Å². The number of carbonyl (C=O) groups excluding carboxylic acids is 1. The molecule has 12 nitrogen and oxygen atoms in total. The van der Waals surface area contributed by atoms with Crippen LogP contribution in [-0.2, 0) is 21.6 Å². The number of amides is 1. The third-order valence-electron chi connectivity index (χ3n) is 9.33. The molecule has 52 heavy (non-hydrogen) atoms. The lowest BCUT2D eigenvalue weighted by molar-refractivity contribution is -0.510. The Labute approximate surface area is 313 Å². The Kier molecular flexibility index (Phi) is 14.0. The monoisotopic (exact) mass is 759 g/mol. The van der Waals surface area contributed by atoms with Crippen LogP contribution in [0.2, 0.25) is 5.02 Å². The zero-order valence-corrected chi connectivity index (χ0v) is 31.0. The minimum Gasteiger partial charge on any atom is -0.490 e. The first-order valence-corrected chi connectivity index (χ1v) is 19.3. The van der Waals surface area contributed by atoms with Gasteiger partial charge in [0.2, 0.25) is 5.91 Å². The summed E-state index contributed by atoms with van der Waals surface area (Å²) in [5.74, 6) is -6.59. The summed E-state index contributed by atoms with van der Waals surface area (Å²) in [6, 6.07) is 16.1. The summed E-state index contributed by atoms with van der Waals surface area (Å²) in [5, 5.41) is 64.8. The van der Waals surface area contributed by atoms with E-state index in [0.717, 1.165) is 71.4 Å². The van der Waals surface area contributed by atoms with Crippen molar-refractivity contribution in [1.82, 2.24) is 15.2 Å². The van der Waals surface area contributed by atoms with Gasteiger partial charge in [-0.15, -0.1) is 11.8 Å². The van der Waals surface area contributed by atoms with E-state index in [-0.39, 0.29) is 24.6 Å². The van der Waals surface area contributed by atoms with Crippen LogP contribution in [0.3, 0.4) is 0 Å². The van der Waals surface area contributed by atoms with Gasteiger partial charge < -0.3 is 40.7 Å². The van der Waals surface area contributed by atoms with Crippen molar-refractivity contribution in [3.05, 3.63) is 77.1 Å². The van der Waals surface area contributed by atoms with E-state index in [1.165, 1.54) is 0 Å². The number of aromatic nitrogens is 1. The fraction of sp³-hybridized carbons (Fsp3) is 0.526. The molecule has 2 aliphatic carbocycles. The maximum atomic E-state index is 13.0. The highest BCUT2D eigenvalue weighted by Crippen LogP contribution is 2.50. The standard InChI is InChI=1S/C38H50ClN3O9S/c1-2-3-4-11-34(44)42(37(46,47)38(48,49)51-35(45)25-43)20-7-8-21-52-28-14-15-32(39)26(22-28)23-41-36(17-18-36)31-24-40-19-16-29(31)30-9-5-6-10-33(30)50-27-12-13-27/h5-6,9-10,14-16,19,22,24,27,35,41,43,45-49H,2-4,7-8,11-13,17-18,20-21,23,25H2,1H3. The molecule has 284 valence electrons. The normalized spacial score (nSPS) is 16.1. The quantitative estimate of drug-likeness (QED) is 0.0430. The van der Waals surface area contributed by atoms with E-state index >= 15 is 0 Å². The molecular formula is C38H50ClN3O9S. The number of pyridine rings is 1. The van der Waals surface area contributed by atoms with Gasteiger partial charge in [-0.2, -0.15) is 0 Å². The van der Waals surface area contributed by atoms with Gasteiger partial charge in [0.05, 0.1) is 12.7 Å². The second kappa shape index (κ2) is 18.0. The van der Waals surface area contributed by atoms with Gasteiger partial charge in [0.15, 0.2) is 6.29 Å².